The molecule has 22 heavy (non-hydrogen) atoms. The summed E-state index contributed by atoms with van der Waals surface area (Å²) >= 11 is 12.1. The van der Waals surface area contributed by atoms with E-state index in [0.29, 0.717) is 27.1 Å². The number of ether oxygens (including phenoxy) is 1. The fourth-order valence-corrected chi connectivity index (χ4v) is 2.60. The van der Waals surface area contributed by atoms with E-state index in [0.717, 1.165) is 5.56 Å². The van der Waals surface area contributed by atoms with Crippen LogP contribution in [0.2, 0.25) is 10.0 Å². The van der Waals surface area contributed by atoms with Gasteiger partial charge in [-0.05, 0) is 36.8 Å². The lowest BCUT2D eigenvalue weighted by molar-refractivity contribution is 0.301. The van der Waals surface area contributed by atoms with E-state index in [9.17, 15) is 4.79 Å². The Morgan fingerprint density at radius 2 is 1.91 bits per heavy atom. The Morgan fingerprint density at radius 3 is 2.64 bits per heavy atom. The van der Waals surface area contributed by atoms with Crippen molar-refractivity contribution in [2.45, 2.75) is 13.5 Å². The van der Waals surface area contributed by atoms with Crippen LogP contribution in [0.1, 0.15) is 11.3 Å². The number of rotatable bonds is 3. The summed E-state index contributed by atoms with van der Waals surface area (Å²) in [4.78, 5) is 16.5. The highest BCUT2D eigenvalue weighted by Gasteiger charge is 2.09. The van der Waals surface area contributed by atoms with Crippen molar-refractivity contribution in [3.8, 4) is 5.75 Å². The minimum Gasteiger partial charge on any atom is -0.484 e. The summed E-state index contributed by atoms with van der Waals surface area (Å²) in [6.07, 6.45) is 1.70. The molecule has 3 aromatic rings. The summed E-state index contributed by atoms with van der Waals surface area (Å²) in [5.74, 6) is 0.386. The summed E-state index contributed by atoms with van der Waals surface area (Å²) in [6, 6.07) is 10.3. The van der Waals surface area contributed by atoms with Gasteiger partial charge in [0.15, 0.2) is 5.75 Å². The molecule has 0 atom stereocenters. The molecule has 4 nitrogen and oxygen atoms in total. The summed E-state index contributed by atoms with van der Waals surface area (Å²) in [7, 11) is 0. The van der Waals surface area contributed by atoms with Crippen LogP contribution in [-0.2, 0) is 6.61 Å². The van der Waals surface area contributed by atoms with Crippen molar-refractivity contribution in [2.24, 2.45) is 0 Å². The molecule has 0 saturated heterocycles. The Labute approximate surface area is 136 Å². The number of hydrogen-bond donors (Lipinski definition) is 0. The van der Waals surface area contributed by atoms with Gasteiger partial charge in [0.2, 0.25) is 0 Å². The number of nitrogens with zero attached hydrogens (tertiary/aromatic N) is 2. The highest BCUT2D eigenvalue weighted by atomic mass is 35.5. The second-order valence-electron chi connectivity index (χ2n) is 4.86. The van der Waals surface area contributed by atoms with E-state index >= 15 is 0 Å². The summed E-state index contributed by atoms with van der Waals surface area (Å²) in [5.41, 5.74) is 1.97. The number of halogens is 2. The molecule has 0 spiro atoms. The molecule has 0 bridgehead atoms. The second kappa shape index (κ2) is 5.99. The van der Waals surface area contributed by atoms with E-state index in [4.69, 9.17) is 27.9 Å². The Bertz CT molecular complexity index is 886. The average Bonchev–Trinajstić information content (AvgIpc) is 2.46. The largest absolute Gasteiger partial charge is 0.484 e. The highest BCUT2D eigenvalue weighted by Crippen LogP contribution is 2.32. The van der Waals surface area contributed by atoms with E-state index in [1.807, 2.05) is 19.1 Å². The first-order valence-electron chi connectivity index (χ1n) is 6.60. The number of fused-ring (bicyclic) bond motifs is 1. The Morgan fingerprint density at radius 1 is 1.18 bits per heavy atom. The second-order valence-corrected chi connectivity index (χ2v) is 5.67. The van der Waals surface area contributed by atoms with Crippen molar-refractivity contribution in [1.29, 1.82) is 0 Å². The van der Waals surface area contributed by atoms with Gasteiger partial charge >= 0.3 is 0 Å². The van der Waals surface area contributed by atoms with Gasteiger partial charge < -0.3 is 4.74 Å². The maximum Gasteiger partial charge on any atom is 0.258 e. The lowest BCUT2D eigenvalue weighted by atomic mass is 10.3. The topological polar surface area (TPSA) is 43.6 Å². The van der Waals surface area contributed by atoms with E-state index < -0.39 is 0 Å². The van der Waals surface area contributed by atoms with Gasteiger partial charge in [-0.15, -0.1) is 0 Å². The predicted octanol–water partition coefficient (Wildman–Crippen LogP) is 3.89. The first-order chi connectivity index (χ1) is 10.5. The van der Waals surface area contributed by atoms with Crippen molar-refractivity contribution < 1.29 is 4.74 Å². The standard InChI is InChI=1S/C16H12Cl2N2O2/c1-10-5-6-20-14(7-10)19-11(8-15(20)21)9-22-16-12(17)3-2-4-13(16)18/h2-8H,9H2,1H3. The van der Waals surface area contributed by atoms with Crippen LogP contribution in [-0.4, -0.2) is 9.38 Å². The average molecular weight is 335 g/mol. The van der Waals surface area contributed by atoms with Crippen molar-refractivity contribution >= 4 is 28.8 Å². The highest BCUT2D eigenvalue weighted by molar-refractivity contribution is 6.37. The van der Waals surface area contributed by atoms with Gasteiger partial charge in [0.05, 0.1) is 15.7 Å². The smallest absolute Gasteiger partial charge is 0.258 e. The van der Waals surface area contributed by atoms with Crippen LogP contribution < -0.4 is 10.3 Å². The molecule has 0 aliphatic carbocycles. The molecule has 0 fully saturated rings. The van der Waals surface area contributed by atoms with Crippen LogP contribution in [0.5, 0.6) is 5.75 Å². The zero-order chi connectivity index (χ0) is 15.7. The molecule has 0 unspecified atom stereocenters. The normalized spacial score (nSPS) is 10.9. The minimum absolute atomic E-state index is 0.114. The quantitative estimate of drug-likeness (QED) is 0.729. The monoisotopic (exact) mass is 334 g/mol. The molecule has 6 heteroatoms. The molecule has 0 aliphatic rings. The Kier molecular flexibility index (Phi) is 4.05. The van der Waals surface area contributed by atoms with E-state index in [-0.39, 0.29) is 12.2 Å². The lowest BCUT2D eigenvalue weighted by Crippen LogP contribution is -2.16. The van der Waals surface area contributed by atoms with Crippen LogP contribution in [0, 0.1) is 6.92 Å². The van der Waals surface area contributed by atoms with E-state index in [1.165, 1.54) is 10.5 Å². The zero-order valence-corrected chi connectivity index (χ0v) is 13.2. The number of aryl methyl sites for hydroxylation is 1. The third kappa shape index (κ3) is 2.93. The molecule has 112 valence electrons. The van der Waals surface area contributed by atoms with Crippen LogP contribution >= 0.6 is 23.2 Å². The zero-order valence-electron chi connectivity index (χ0n) is 11.7. The molecule has 3 rings (SSSR count). The minimum atomic E-state index is -0.158. The lowest BCUT2D eigenvalue weighted by Gasteiger charge is -2.10. The van der Waals surface area contributed by atoms with Crippen LogP contribution in [0.4, 0.5) is 0 Å². The molecule has 2 heterocycles. The summed E-state index contributed by atoms with van der Waals surface area (Å²) in [5, 5.41) is 0.835. The van der Waals surface area contributed by atoms with Crippen molar-refractivity contribution in [2.75, 3.05) is 0 Å². The van der Waals surface area contributed by atoms with Gasteiger partial charge in [-0.2, -0.15) is 0 Å². The van der Waals surface area contributed by atoms with Crippen LogP contribution in [0.15, 0.2) is 47.4 Å². The SMILES string of the molecule is Cc1ccn2c(=O)cc(COc3c(Cl)cccc3Cl)nc2c1. The van der Waals surface area contributed by atoms with Crippen LogP contribution in [0.3, 0.4) is 0 Å². The number of para-hydroxylation sites is 1. The first kappa shape index (κ1) is 14.9. The van der Waals surface area contributed by atoms with Gasteiger partial charge in [-0.1, -0.05) is 29.3 Å². The molecule has 1 aromatic carbocycles. The fourth-order valence-electron chi connectivity index (χ4n) is 2.09. The third-order valence-electron chi connectivity index (χ3n) is 3.16. The molecular weight excluding hydrogens is 323 g/mol. The van der Waals surface area contributed by atoms with Gasteiger partial charge in [-0.3, -0.25) is 9.20 Å². The van der Waals surface area contributed by atoms with Gasteiger partial charge in [0.1, 0.15) is 12.3 Å². The third-order valence-corrected chi connectivity index (χ3v) is 3.75. The molecule has 0 amide bonds. The Balaban J connectivity index is 1.93. The molecule has 0 N–H and O–H groups in total. The summed E-state index contributed by atoms with van der Waals surface area (Å²) < 4.78 is 7.10. The molecule has 0 aliphatic heterocycles. The van der Waals surface area contributed by atoms with Crippen molar-refractivity contribution in [3.63, 3.8) is 0 Å². The Hall–Kier alpha value is -2.04. The maximum atomic E-state index is 12.1. The summed E-state index contributed by atoms with van der Waals surface area (Å²) in [6.45, 7) is 2.06. The van der Waals surface area contributed by atoms with Crippen molar-refractivity contribution in [3.05, 3.63) is 74.3 Å². The molecular formula is C16H12Cl2N2O2. The number of benzene rings is 1. The molecule has 2 aromatic heterocycles. The van der Waals surface area contributed by atoms with Crippen LogP contribution in [0.25, 0.3) is 5.65 Å². The van der Waals surface area contributed by atoms with E-state index in [1.54, 1.807) is 24.4 Å². The first-order valence-corrected chi connectivity index (χ1v) is 7.36. The van der Waals surface area contributed by atoms with Gasteiger partial charge in [-0.25, -0.2) is 4.98 Å². The predicted molar refractivity (Wildman–Crippen MR) is 87.0 cm³/mol. The molecule has 0 radical (unpaired) electrons. The molecule has 0 saturated carbocycles. The fraction of sp³-hybridized carbons (Fsp3) is 0.125. The number of aromatic nitrogens is 2. The van der Waals surface area contributed by atoms with Gasteiger partial charge in [0.25, 0.3) is 5.56 Å². The maximum absolute atomic E-state index is 12.1. The van der Waals surface area contributed by atoms with Crippen molar-refractivity contribution in [1.82, 2.24) is 9.38 Å². The van der Waals surface area contributed by atoms with Gasteiger partial charge in [0, 0.05) is 12.3 Å². The number of hydrogen-bond acceptors (Lipinski definition) is 3. The van der Waals surface area contributed by atoms with E-state index in [2.05, 4.69) is 4.98 Å². The number of pyridine rings is 1.